The van der Waals surface area contributed by atoms with Crippen LogP contribution in [0.25, 0.3) is 0 Å². The van der Waals surface area contributed by atoms with E-state index in [1.807, 2.05) is 6.92 Å². The van der Waals surface area contributed by atoms with Crippen LogP contribution in [0.15, 0.2) is 28.9 Å². The molecule has 0 aliphatic heterocycles. The zero-order valence-corrected chi connectivity index (χ0v) is 12.6. The Balaban J connectivity index is 2.56. The van der Waals surface area contributed by atoms with Gasteiger partial charge in [0.2, 0.25) is 5.75 Å². The lowest BCUT2D eigenvalue weighted by atomic mass is 10.0. The summed E-state index contributed by atoms with van der Waals surface area (Å²) in [5, 5.41) is 0. The molecule has 5 heteroatoms. The maximum Gasteiger partial charge on any atom is 0.204 e. The van der Waals surface area contributed by atoms with Crippen molar-refractivity contribution in [2.45, 2.75) is 13.3 Å². The minimum absolute atomic E-state index is 0.168. The molecule has 0 saturated heterocycles. The molecule has 2 rings (SSSR count). The zero-order valence-electron chi connectivity index (χ0n) is 12.6. The minimum atomic E-state index is -0.168. The Bertz CT molecular complexity index is 642. The molecule has 5 nitrogen and oxygen atoms in total. The molecule has 0 N–H and O–H groups in total. The lowest BCUT2D eigenvalue weighted by Gasteiger charge is -2.15. The average molecular weight is 290 g/mol. The molecule has 2 aromatic rings. The number of ether oxygens (including phenoxy) is 3. The van der Waals surface area contributed by atoms with E-state index in [1.165, 1.54) is 27.6 Å². The Hall–Kier alpha value is -2.43. The monoisotopic (exact) mass is 290 g/mol. The predicted octanol–water partition coefficient (Wildman–Crippen LogP) is 3.10. The van der Waals surface area contributed by atoms with Gasteiger partial charge in [-0.25, -0.2) is 0 Å². The van der Waals surface area contributed by atoms with Crippen molar-refractivity contribution in [3.8, 4) is 17.2 Å². The number of methoxy groups -OCH3 is 3. The summed E-state index contributed by atoms with van der Waals surface area (Å²) in [6.07, 6.45) is 2.16. The molecule has 0 bridgehead atoms. The van der Waals surface area contributed by atoms with E-state index in [9.17, 15) is 4.79 Å². The second-order valence-electron chi connectivity index (χ2n) is 4.32. The van der Waals surface area contributed by atoms with E-state index in [-0.39, 0.29) is 5.78 Å². The van der Waals surface area contributed by atoms with Gasteiger partial charge in [0.05, 0.1) is 38.7 Å². The van der Waals surface area contributed by atoms with Crippen molar-refractivity contribution in [1.82, 2.24) is 0 Å². The molecular weight excluding hydrogens is 272 g/mol. The van der Waals surface area contributed by atoms with E-state index in [0.29, 0.717) is 40.6 Å². The van der Waals surface area contributed by atoms with Crippen LogP contribution in [0.3, 0.4) is 0 Å². The smallest absolute Gasteiger partial charge is 0.204 e. The van der Waals surface area contributed by atoms with Gasteiger partial charge in [0.1, 0.15) is 5.76 Å². The molecule has 0 amide bonds. The zero-order chi connectivity index (χ0) is 15.4. The van der Waals surface area contributed by atoms with Gasteiger partial charge in [-0.3, -0.25) is 4.79 Å². The van der Waals surface area contributed by atoms with E-state index in [1.54, 1.807) is 18.2 Å². The molecular formula is C16H18O5. The molecule has 0 saturated carbocycles. The van der Waals surface area contributed by atoms with Crippen LogP contribution in [0.5, 0.6) is 17.2 Å². The van der Waals surface area contributed by atoms with Crippen LogP contribution in [0.1, 0.15) is 28.6 Å². The van der Waals surface area contributed by atoms with Gasteiger partial charge in [0.25, 0.3) is 0 Å². The van der Waals surface area contributed by atoms with E-state index in [4.69, 9.17) is 18.6 Å². The number of furan rings is 1. The fourth-order valence-electron chi connectivity index (χ4n) is 2.24. The Morgan fingerprint density at radius 1 is 1.00 bits per heavy atom. The van der Waals surface area contributed by atoms with Gasteiger partial charge in [0, 0.05) is 6.42 Å². The summed E-state index contributed by atoms with van der Waals surface area (Å²) in [7, 11) is 4.53. The second kappa shape index (κ2) is 6.35. The Morgan fingerprint density at radius 2 is 1.71 bits per heavy atom. The lowest BCUT2D eigenvalue weighted by molar-refractivity contribution is 0.103. The first-order chi connectivity index (χ1) is 10.2. The van der Waals surface area contributed by atoms with Crippen LogP contribution < -0.4 is 14.2 Å². The van der Waals surface area contributed by atoms with Gasteiger partial charge in [-0.15, -0.1) is 0 Å². The maximum absolute atomic E-state index is 12.7. The number of hydrogen-bond acceptors (Lipinski definition) is 5. The topological polar surface area (TPSA) is 57.9 Å². The average Bonchev–Trinajstić information content (AvgIpc) is 3.00. The van der Waals surface area contributed by atoms with Crippen molar-refractivity contribution in [2.75, 3.05) is 21.3 Å². The number of ketones is 1. The Kier molecular flexibility index (Phi) is 4.52. The van der Waals surface area contributed by atoms with Crippen LogP contribution in [0, 0.1) is 0 Å². The highest BCUT2D eigenvalue weighted by atomic mass is 16.5. The van der Waals surface area contributed by atoms with Crippen molar-refractivity contribution in [1.29, 1.82) is 0 Å². The van der Waals surface area contributed by atoms with Gasteiger partial charge < -0.3 is 18.6 Å². The van der Waals surface area contributed by atoms with Crippen molar-refractivity contribution >= 4 is 5.78 Å². The van der Waals surface area contributed by atoms with Crippen molar-refractivity contribution < 1.29 is 23.4 Å². The fraction of sp³-hybridized carbons (Fsp3) is 0.312. The van der Waals surface area contributed by atoms with Crippen LogP contribution in [-0.2, 0) is 6.42 Å². The summed E-state index contributed by atoms with van der Waals surface area (Å²) >= 11 is 0. The van der Waals surface area contributed by atoms with Crippen molar-refractivity contribution in [2.24, 2.45) is 0 Å². The molecule has 21 heavy (non-hydrogen) atoms. The first-order valence-corrected chi connectivity index (χ1v) is 6.57. The van der Waals surface area contributed by atoms with Gasteiger partial charge in [0.15, 0.2) is 17.3 Å². The molecule has 0 aliphatic rings. The minimum Gasteiger partial charge on any atom is -0.493 e. The Morgan fingerprint density at radius 3 is 2.29 bits per heavy atom. The number of carbonyl (C=O) groups excluding carboxylic acids is 1. The number of carbonyl (C=O) groups is 1. The van der Waals surface area contributed by atoms with Crippen LogP contribution in [-0.4, -0.2) is 27.1 Å². The summed E-state index contributed by atoms with van der Waals surface area (Å²) < 4.78 is 21.2. The van der Waals surface area contributed by atoms with E-state index in [0.717, 1.165) is 0 Å². The Labute approximate surface area is 123 Å². The largest absolute Gasteiger partial charge is 0.493 e. The van der Waals surface area contributed by atoms with Crippen LogP contribution in [0.4, 0.5) is 0 Å². The highest BCUT2D eigenvalue weighted by Crippen LogP contribution is 2.40. The number of hydrogen-bond donors (Lipinski definition) is 0. The maximum atomic E-state index is 12.7. The SMILES string of the molecule is CCc1occc1C(=O)c1ccc(OC)c(OC)c1OC. The molecule has 1 aromatic carbocycles. The van der Waals surface area contributed by atoms with Crippen molar-refractivity contribution in [3.63, 3.8) is 0 Å². The molecule has 0 aliphatic carbocycles. The number of aryl methyl sites for hydroxylation is 1. The number of benzene rings is 1. The van der Waals surface area contributed by atoms with Crippen molar-refractivity contribution in [3.05, 3.63) is 41.3 Å². The molecule has 0 atom stereocenters. The normalized spacial score (nSPS) is 10.3. The summed E-state index contributed by atoms with van der Waals surface area (Å²) in [6.45, 7) is 1.93. The number of rotatable bonds is 6. The van der Waals surface area contributed by atoms with Gasteiger partial charge in [-0.05, 0) is 18.2 Å². The fourth-order valence-corrected chi connectivity index (χ4v) is 2.24. The molecule has 1 aromatic heterocycles. The molecule has 1 heterocycles. The molecule has 0 spiro atoms. The summed E-state index contributed by atoms with van der Waals surface area (Å²) in [5.74, 6) is 1.74. The van der Waals surface area contributed by atoms with Gasteiger partial charge in [-0.2, -0.15) is 0 Å². The first-order valence-electron chi connectivity index (χ1n) is 6.57. The third-order valence-corrected chi connectivity index (χ3v) is 3.26. The summed E-state index contributed by atoms with van der Waals surface area (Å²) in [5.41, 5.74) is 0.939. The highest BCUT2D eigenvalue weighted by Gasteiger charge is 2.23. The first kappa shape index (κ1) is 15.0. The van der Waals surface area contributed by atoms with E-state index < -0.39 is 0 Å². The predicted molar refractivity (Wildman–Crippen MR) is 77.6 cm³/mol. The van der Waals surface area contributed by atoms with E-state index in [2.05, 4.69) is 0 Å². The highest BCUT2D eigenvalue weighted by molar-refractivity contribution is 6.12. The molecule has 0 radical (unpaired) electrons. The summed E-state index contributed by atoms with van der Waals surface area (Å²) in [4.78, 5) is 12.7. The molecule has 112 valence electrons. The standard InChI is InChI=1S/C16H18O5/c1-5-12-10(8-9-21-12)14(17)11-6-7-13(18-2)16(20-4)15(11)19-3/h6-9H,5H2,1-4H3. The third kappa shape index (κ3) is 2.59. The van der Waals surface area contributed by atoms with Gasteiger partial charge >= 0.3 is 0 Å². The quantitative estimate of drug-likeness (QED) is 0.765. The molecule has 0 fully saturated rings. The molecule has 0 unspecified atom stereocenters. The third-order valence-electron chi connectivity index (χ3n) is 3.26. The van der Waals surface area contributed by atoms with Crippen LogP contribution in [0.2, 0.25) is 0 Å². The van der Waals surface area contributed by atoms with Gasteiger partial charge in [-0.1, -0.05) is 6.92 Å². The van der Waals surface area contributed by atoms with Crippen LogP contribution >= 0.6 is 0 Å². The second-order valence-corrected chi connectivity index (χ2v) is 4.32. The van der Waals surface area contributed by atoms with E-state index >= 15 is 0 Å². The lowest BCUT2D eigenvalue weighted by Crippen LogP contribution is -2.07. The summed E-state index contributed by atoms with van der Waals surface area (Å²) in [6, 6.07) is 5.01.